The van der Waals surface area contributed by atoms with Gasteiger partial charge in [0.2, 0.25) is 5.88 Å². The highest BCUT2D eigenvalue weighted by atomic mass is 32.2. The van der Waals surface area contributed by atoms with Crippen LogP contribution in [0.1, 0.15) is 10.4 Å². The van der Waals surface area contributed by atoms with E-state index in [9.17, 15) is 31.5 Å². The summed E-state index contributed by atoms with van der Waals surface area (Å²) < 4.78 is 68.4. The molecule has 0 aliphatic rings. The van der Waals surface area contributed by atoms with E-state index in [1.54, 1.807) is 0 Å². The molecule has 2 aromatic rings. The van der Waals surface area contributed by atoms with Crippen molar-refractivity contribution in [2.24, 2.45) is 0 Å². The number of aromatic hydroxyl groups is 1. The van der Waals surface area contributed by atoms with Crippen LogP contribution in [0.15, 0.2) is 23.0 Å². The molecule has 0 spiro atoms. The molecule has 0 aliphatic carbocycles. The first-order chi connectivity index (χ1) is 11.0. The lowest BCUT2D eigenvalue weighted by atomic mass is 10.1. The molecule has 1 heterocycles. The molecule has 0 amide bonds. The van der Waals surface area contributed by atoms with Gasteiger partial charge in [-0.05, 0) is 17.7 Å². The number of halogens is 3. The number of aromatic nitrogens is 1. The fourth-order valence-electron chi connectivity index (χ4n) is 1.72. The fourth-order valence-corrected chi connectivity index (χ4v) is 2.94. The molecule has 7 nitrogen and oxygen atoms in total. The van der Waals surface area contributed by atoms with E-state index in [1.807, 2.05) is 0 Å². The molecule has 1 aromatic heterocycles. The molecule has 0 atom stereocenters. The van der Waals surface area contributed by atoms with E-state index in [1.165, 1.54) is 12.1 Å². The largest absolute Gasteiger partial charge is 0.534 e. The van der Waals surface area contributed by atoms with Crippen LogP contribution in [0.3, 0.4) is 0 Å². The van der Waals surface area contributed by atoms with Gasteiger partial charge in [0.15, 0.2) is 11.5 Å². The molecule has 24 heavy (non-hydrogen) atoms. The minimum absolute atomic E-state index is 0.0261. The van der Waals surface area contributed by atoms with Gasteiger partial charge in [0.05, 0.1) is 12.0 Å². The summed E-state index contributed by atoms with van der Waals surface area (Å²) in [6, 6.07) is 3.66. The molecule has 2 rings (SSSR count). The second-order valence-electron chi connectivity index (χ2n) is 4.43. The van der Waals surface area contributed by atoms with Gasteiger partial charge in [-0.2, -0.15) is 21.6 Å². The Hall–Kier alpha value is -2.21. The predicted molar refractivity (Wildman–Crippen MR) is 78.0 cm³/mol. The van der Waals surface area contributed by atoms with E-state index in [2.05, 4.69) is 9.17 Å². The molecular formula is C12H10F3NO6S2. The average molecular weight is 385 g/mol. The normalized spacial score (nSPS) is 12.2. The molecule has 0 aliphatic heterocycles. The fraction of sp³-hybridized carbons (Fsp3) is 0.250. The van der Waals surface area contributed by atoms with Crippen LogP contribution in [0.25, 0.3) is 0 Å². The molecule has 0 bridgehead atoms. The van der Waals surface area contributed by atoms with Crippen molar-refractivity contribution in [3.8, 4) is 17.4 Å². The van der Waals surface area contributed by atoms with Gasteiger partial charge in [0.1, 0.15) is 0 Å². The first-order valence-electron chi connectivity index (χ1n) is 6.12. The number of alkyl halides is 3. The van der Waals surface area contributed by atoms with Crippen molar-refractivity contribution in [3.63, 3.8) is 0 Å². The number of benzene rings is 1. The van der Waals surface area contributed by atoms with Crippen LogP contribution in [0, 0.1) is 0 Å². The Morgan fingerprint density at radius 2 is 1.96 bits per heavy atom. The SMILES string of the molecule is COc1ccc(Cc2sc(=O)[nH]c2O)cc1OS(=O)(=O)C(F)(F)F. The third-order valence-electron chi connectivity index (χ3n) is 2.78. The predicted octanol–water partition coefficient (Wildman–Crippen LogP) is 1.97. The molecule has 0 saturated heterocycles. The van der Waals surface area contributed by atoms with Crippen molar-refractivity contribution in [1.82, 2.24) is 4.98 Å². The lowest BCUT2D eigenvalue weighted by Gasteiger charge is -2.13. The van der Waals surface area contributed by atoms with Crippen molar-refractivity contribution < 1.29 is 35.6 Å². The highest BCUT2D eigenvalue weighted by Gasteiger charge is 2.49. The summed E-state index contributed by atoms with van der Waals surface area (Å²) in [5, 5.41) is 9.51. The maximum atomic E-state index is 12.4. The number of hydrogen-bond donors (Lipinski definition) is 2. The Morgan fingerprint density at radius 1 is 1.29 bits per heavy atom. The van der Waals surface area contributed by atoms with Crippen molar-refractivity contribution in [1.29, 1.82) is 0 Å². The van der Waals surface area contributed by atoms with Gasteiger partial charge in [-0.1, -0.05) is 17.4 Å². The van der Waals surface area contributed by atoms with Gasteiger partial charge in [0, 0.05) is 6.42 Å². The van der Waals surface area contributed by atoms with E-state index in [4.69, 9.17) is 4.74 Å². The molecule has 0 radical (unpaired) electrons. The second-order valence-corrected chi connectivity index (χ2v) is 7.04. The maximum Gasteiger partial charge on any atom is 0.534 e. The van der Waals surface area contributed by atoms with Gasteiger partial charge >= 0.3 is 20.5 Å². The van der Waals surface area contributed by atoms with Gasteiger partial charge in [0.25, 0.3) is 0 Å². The van der Waals surface area contributed by atoms with E-state index in [-0.39, 0.29) is 22.9 Å². The third-order valence-corrected chi connectivity index (χ3v) is 4.61. The molecule has 0 unspecified atom stereocenters. The highest BCUT2D eigenvalue weighted by molar-refractivity contribution is 7.88. The van der Waals surface area contributed by atoms with Crippen LogP contribution >= 0.6 is 11.3 Å². The summed E-state index contributed by atoms with van der Waals surface area (Å²) >= 11 is 0.711. The molecule has 0 fully saturated rings. The number of H-pyrrole nitrogens is 1. The van der Waals surface area contributed by atoms with Crippen LogP contribution in [0.4, 0.5) is 13.2 Å². The number of ether oxygens (including phenoxy) is 1. The first-order valence-corrected chi connectivity index (χ1v) is 8.34. The van der Waals surface area contributed by atoms with Gasteiger partial charge < -0.3 is 14.0 Å². The zero-order valence-electron chi connectivity index (χ0n) is 11.9. The summed E-state index contributed by atoms with van der Waals surface area (Å²) in [4.78, 5) is 13.0. The van der Waals surface area contributed by atoms with Crippen molar-refractivity contribution in [2.75, 3.05) is 7.11 Å². The smallest absolute Gasteiger partial charge is 0.494 e. The number of nitrogens with one attached hydrogen (secondary N) is 1. The second kappa shape index (κ2) is 6.36. The Kier molecular flexibility index (Phi) is 4.80. The highest BCUT2D eigenvalue weighted by Crippen LogP contribution is 2.34. The van der Waals surface area contributed by atoms with Gasteiger partial charge in [-0.3, -0.25) is 9.78 Å². The maximum absolute atomic E-state index is 12.4. The molecule has 0 saturated carbocycles. The zero-order valence-corrected chi connectivity index (χ0v) is 13.5. The van der Waals surface area contributed by atoms with Crippen LogP contribution in [0.5, 0.6) is 17.4 Å². The molecule has 1 aromatic carbocycles. The van der Waals surface area contributed by atoms with E-state index in [0.717, 1.165) is 13.2 Å². The monoisotopic (exact) mass is 385 g/mol. The first kappa shape index (κ1) is 18.1. The van der Waals surface area contributed by atoms with E-state index < -0.39 is 26.2 Å². The van der Waals surface area contributed by atoms with E-state index >= 15 is 0 Å². The summed E-state index contributed by atoms with van der Waals surface area (Å²) in [6.45, 7) is 0. The minimum atomic E-state index is -5.86. The van der Waals surface area contributed by atoms with Crippen molar-refractivity contribution in [3.05, 3.63) is 38.3 Å². The number of aromatic amines is 1. The number of methoxy groups -OCH3 is 1. The topological polar surface area (TPSA) is 106 Å². The van der Waals surface area contributed by atoms with Crippen LogP contribution in [-0.2, 0) is 16.5 Å². The number of thiazole rings is 1. The number of rotatable bonds is 5. The Morgan fingerprint density at radius 3 is 2.46 bits per heavy atom. The van der Waals surface area contributed by atoms with Crippen LogP contribution in [-0.4, -0.2) is 31.1 Å². The number of hydrogen-bond acceptors (Lipinski definition) is 7. The summed E-state index contributed by atoms with van der Waals surface area (Å²) in [7, 11) is -4.73. The summed E-state index contributed by atoms with van der Waals surface area (Å²) in [5.74, 6) is -1.25. The van der Waals surface area contributed by atoms with Crippen molar-refractivity contribution in [2.45, 2.75) is 11.9 Å². The zero-order chi connectivity index (χ0) is 18.1. The van der Waals surface area contributed by atoms with Gasteiger partial charge in [-0.25, -0.2) is 0 Å². The Balaban J connectivity index is 2.38. The third kappa shape index (κ3) is 3.82. The quantitative estimate of drug-likeness (QED) is 0.602. The standard InChI is InChI=1S/C12H10F3NO6S2/c1-21-7-3-2-6(5-9-10(17)16-11(18)23-9)4-8(7)22-24(19,20)12(13,14)15/h2-4,17H,5H2,1H3,(H,16,18). The Labute approximate surface area is 137 Å². The summed E-state index contributed by atoms with van der Waals surface area (Å²) in [6.07, 6.45) is -0.0261. The molecular weight excluding hydrogens is 375 g/mol. The average Bonchev–Trinajstić information content (AvgIpc) is 2.75. The van der Waals surface area contributed by atoms with Crippen LogP contribution < -0.4 is 13.8 Å². The van der Waals surface area contributed by atoms with Crippen LogP contribution in [0.2, 0.25) is 0 Å². The lowest BCUT2D eigenvalue weighted by Crippen LogP contribution is -2.28. The molecule has 12 heteroatoms. The lowest BCUT2D eigenvalue weighted by molar-refractivity contribution is -0.0500. The van der Waals surface area contributed by atoms with E-state index in [0.29, 0.717) is 16.9 Å². The van der Waals surface area contributed by atoms with Crippen molar-refractivity contribution >= 4 is 21.5 Å². The molecule has 2 N–H and O–H groups in total. The minimum Gasteiger partial charge on any atom is -0.494 e. The van der Waals surface area contributed by atoms with Gasteiger partial charge in [-0.15, -0.1) is 0 Å². The summed E-state index contributed by atoms with van der Waals surface area (Å²) in [5.41, 5.74) is -5.29. The molecule has 132 valence electrons. The Bertz CT molecular complexity index is 900.